The smallest absolute Gasteiger partial charge is 0.126 e. The van der Waals surface area contributed by atoms with E-state index in [0.717, 1.165) is 39.0 Å². The van der Waals surface area contributed by atoms with Crippen LogP contribution in [0.25, 0.3) is 0 Å². The summed E-state index contributed by atoms with van der Waals surface area (Å²) in [7, 11) is 4.15. The van der Waals surface area contributed by atoms with Gasteiger partial charge in [-0.15, -0.1) is 0 Å². The van der Waals surface area contributed by atoms with Gasteiger partial charge in [-0.3, -0.25) is 0 Å². The molecule has 0 aromatic carbocycles. The number of ether oxygens (including phenoxy) is 1. The van der Waals surface area contributed by atoms with Gasteiger partial charge in [-0.05, 0) is 50.4 Å². The number of hydrogen-bond donors (Lipinski definition) is 1. The summed E-state index contributed by atoms with van der Waals surface area (Å²) >= 11 is 0. The number of likely N-dealkylation sites (N-methyl/N-ethyl adjacent to an activating group) is 1. The van der Waals surface area contributed by atoms with E-state index in [-0.39, 0.29) is 0 Å². The van der Waals surface area contributed by atoms with E-state index in [4.69, 9.17) is 10.5 Å². The lowest BCUT2D eigenvalue weighted by molar-refractivity contribution is 0.0852. The van der Waals surface area contributed by atoms with Crippen molar-refractivity contribution >= 4 is 5.82 Å². The normalized spacial score (nSPS) is 17.3. The predicted octanol–water partition coefficient (Wildman–Crippen LogP) is 1.66. The maximum atomic E-state index is 5.95. The first-order valence-electron chi connectivity index (χ1n) is 6.63. The highest BCUT2D eigenvalue weighted by Gasteiger charge is 2.17. The molecule has 100 valence electrons. The molecule has 2 heterocycles. The van der Waals surface area contributed by atoms with E-state index >= 15 is 0 Å². The lowest BCUT2D eigenvalue weighted by Gasteiger charge is -2.23. The molecule has 18 heavy (non-hydrogen) atoms. The van der Waals surface area contributed by atoms with Crippen molar-refractivity contribution in [2.45, 2.75) is 25.2 Å². The van der Waals surface area contributed by atoms with Crippen LogP contribution in [0.5, 0.6) is 0 Å². The largest absolute Gasteiger partial charge is 0.383 e. The average Bonchev–Trinajstić information content (AvgIpc) is 2.38. The van der Waals surface area contributed by atoms with Crippen LogP contribution in [0.3, 0.4) is 0 Å². The second-order valence-electron chi connectivity index (χ2n) is 5.25. The highest BCUT2D eigenvalue weighted by Crippen LogP contribution is 2.28. The number of anilines is 1. The molecule has 2 rings (SSSR count). The zero-order valence-corrected chi connectivity index (χ0v) is 11.4. The maximum Gasteiger partial charge on any atom is 0.126 e. The van der Waals surface area contributed by atoms with Gasteiger partial charge in [-0.25, -0.2) is 4.98 Å². The van der Waals surface area contributed by atoms with E-state index in [0.29, 0.717) is 11.7 Å². The van der Waals surface area contributed by atoms with Gasteiger partial charge in [0.05, 0.1) is 0 Å². The van der Waals surface area contributed by atoms with Gasteiger partial charge in [0.15, 0.2) is 0 Å². The molecule has 2 N–H and O–H groups in total. The topological polar surface area (TPSA) is 51.4 Å². The Morgan fingerprint density at radius 2 is 2.11 bits per heavy atom. The van der Waals surface area contributed by atoms with Crippen LogP contribution in [0.1, 0.15) is 29.9 Å². The Morgan fingerprint density at radius 3 is 2.78 bits per heavy atom. The lowest BCUT2D eigenvalue weighted by Crippen LogP contribution is -2.17. The summed E-state index contributed by atoms with van der Waals surface area (Å²) in [4.78, 5) is 6.52. The molecule has 0 atom stereocenters. The van der Waals surface area contributed by atoms with Crippen LogP contribution in [-0.4, -0.2) is 43.7 Å². The quantitative estimate of drug-likeness (QED) is 0.881. The van der Waals surface area contributed by atoms with Gasteiger partial charge in [0.25, 0.3) is 0 Å². The zero-order chi connectivity index (χ0) is 13.0. The number of pyridine rings is 1. The Balaban J connectivity index is 2.09. The van der Waals surface area contributed by atoms with Gasteiger partial charge in [0.1, 0.15) is 5.82 Å². The molecule has 0 bridgehead atoms. The van der Waals surface area contributed by atoms with Crippen molar-refractivity contribution in [3.8, 4) is 0 Å². The molecule has 1 aromatic heterocycles. The lowest BCUT2D eigenvalue weighted by atomic mass is 9.91. The van der Waals surface area contributed by atoms with Crippen LogP contribution in [0.2, 0.25) is 0 Å². The Labute approximate surface area is 109 Å². The molecular weight excluding hydrogens is 226 g/mol. The first kappa shape index (κ1) is 13.3. The van der Waals surface area contributed by atoms with E-state index in [1.807, 2.05) is 6.20 Å². The van der Waals surface area contributed by atoms with Gasteiger partial charge in [0.2, 0.25) is 0 Å². The van der Waals surface area contributed by atoms with Gasteiger partial charge in [-0.1, -0.05) is 6.07 Å². The Kier molecular flexibility index (Phi) is 4.55. The summed E-state index contributed by atoms with van der Waals surface area (Å²) in [5, 5.41) is 0. The molecule has 4 nitrogen and oxygen atoms in total. The van der Waals surface area contributed by atoms with E-state index in [9.17, 15) is 0 Å². The molecule has 0 saturated carbocycles. The first-order valence-corrected chi connectivity index (χ1v) is 6.63. The molecule has 0 aliphatic carbocycles. The Bertz CT molecular complexity index is 387. The molecule has 1 fully saturated rings. The minimum atomic E-state index is 0.588. The van der Waals surface area contributed by atoms with Crippen LogP contribution < -0.4 is 5.73 Å². The highest BCUT2D eigenvalue weighted by atomic mass is 16.5. The van der Waals surface area contributed by atoms with Crippen molar-refractivity contribution in [3.05, 3.63) is 23.4 Å². The SMILES string of the molecule is CN(C)CCc1cc(C2CCOCC2)cnc1N. The molecule has 1 aliphatic heterocycles. The van der Waals surface area contributed by atoms with Crippen LogP contribution in [0.4, 0.5) is 5.82 Å². The number of nitrogens with zero attached hydrogens (tertiary/aromatic N) is 2. The number of aromatic nitrogens is 1. The summed E-state index contributed by atoms with van der Waals surface area (Å²) in [6.45, 7) is 2.73. The fraction of sp³-hybridized carbons (Fsp3) is 0.643. The minimum absolute atomic E-state index is 0.588. The maximum absolute atomic E-state index is 5.95. The van der Waals surface area contributed by atoms with E-state index in [1.165, 1.54) is 11.1 Å². The molecular formula is C14H23N3O. The third-order valence-corrected chi connectivity index (χ3v) is 3.54. The summed E-state index contributed by atoms with van der Waals surface area (Å²) in [6.07, 6.45) is 5.09. The van der Waals surface area contributed by atoms with Crippen molar-refractivity contribution in [2.24, 2.45) is 0 Å². The zero-order valence-electron chi connectivity index (χ0n) is 11.4. The predicted molar refractivity (Wildman–Crippen MR) is 73.7 cm³/mol. The van der Waals surface area contributed by atoms with Gasteiger partial charge in [0, 0.05) is 26.0 Å². The van der Waals surface area contributed by atoms with Gasteiger partial charge < -0.3 is 15.4 Å². The summed E-state index contributed by atoms with van der Waals surface area (Å²) < 4.78 is 5.40. The van der Waals surface area contributed by atoms with Crippen LogP contribution >= 0.6 is 0 Å². The third-order valence-electron chi connectivity index (χ3n) is 3.54. The molecule has 0 unspecified atom stereocenters. The van der Waals surface area contributed by atoms with Crippen molar-refractivity contribution < 1.29 is 4.74 Å². The van der Waals surface area contributed by atoms with Crippen molar-refractivity contribution in [1.29, 1.82) is 0 Å². The molecule has 0 spiro atoms. The highest BCUT2D eigenvalue weighted by molar-refractivity contribution is 5.42. The van der Waals surface area contributed by atoms with Crippen molar-refractivity contribution in [3.63, 3.8) is 0 Å². The Morgan fingerprint density at radius 1 is 1.39 bits per heavy atom. The molecule has 1 aromatic rings. The average molecular weight is 249 g/mol. The fourth-order valence-corrected chi connectivity index (χ4v) is 2.34. The molecule has 0 radical (unpaired) electrons. The summed E-state index contributed by atoms with van der Waals surface area (Å²) in [6, 6.07) is 2.24. The van der Waals surface area contributed by atoms with Crippen LogP contribution in [0, 0.1) is 0 Å². The van der Waals surface area contributed by atoms with E-state index in [1.54, 1.807) is 0 Å². The molecule has 1 aliphatic rings. The van der Waals surface area contributed by atoms with Gasteiger partial charge >= 0.3 is 0 Å². The van der Waals surface area contributed by atoms with Crippen LogP contribution in [0.15, 0.2) is 12.3 Å². The molecule has 4 heteroatoms. The van der Waals surface area contributed by atoms with E-state index < -0.39 is 0 Å². The Hall–Kier alpha value is -1.13. The fourth-order valence-electron chi connectivity index (χ4n) is 2.34. The first-order chi connectivity index (χ1) is 8.66. The summed E-state index contributed by atoms with van der Waals surface area (Å²) in [5.74, 6) is 1.26. The van der Waals surface area contributed by atoms with Gasteiger partial charge in [-0.2, -0.15) is 0 Å². The second-order valence-corrected chi connectivity index (χ2v) is 5.25. The number of hydrogen-bond acceptors (Lipinski definition) is 4. The standard InChI is InChI=1S/C14H23N3O/c1-17(2)6-3-12-9-13(10-16-14(12)15)11-4-7-18-8-5-11/h9-11H,3-8H2,1-2H3,(H2,15,16). The van der Waals surface area contributed by atoms with E-state index in [2.05, 4.69) is 30.0 Å². The molecule has 0 amide bonds. The third kappa shape index (κ3) is 3.43. The number of rotatable bonds is 4. The number of nitrogen functional groups attached to an aromatic ring is 1. The van der Waals surface area contributed by atoms with Crippen molar-refractivity contribution in [2.75, 3.05) is 39.6 Å². The monoisotopic (exact) mass is 249 g/mol. The minimum Gasteiger partial charge on any atom is -0.383 e. The summed E-state index contributed by atoms with van der Waals surface area (Å²) in [5.41, 5.74) is 8.45. The van der Waals surface area contributed by atoms with Crippen LogP contribution in [-0.2, 0) is 11.2 Å². The molecule has 1 saturated heterocycles. The number of nitrogens with two attached hydrogens (primary N) is 1. The van der Waals surface area contributed by atoms with Crippen molar-refractivity contribution in [1.82, 2.24) is 9.88 Å². The second kappa shape index (κ2) is 6.16.